The summed E-state index contributed by atoms with van der Waals surface area (Å²) in [6.07, 6.45) is 3.55. The number of benzene rings is 1. The molecule has 0 aliphatic carbocycles. The summed E-state index contributed by atoms with van der Waals surface area (Å²) < 4.78 is 11.1. The quantitative estimate of drug-likeness (QED) is 0.331. The molecule has 3 rings (SSSR count). The van der Waals surface area contributed by atoms with Gasteiger partial charge in [-0.2, -0.15) is 0 Å². The van der Waals surface area contributed by atoms with Crippen LogP contribution in [0.2, 0.25) is 0 Å². The summed E-state index contributed by atoms with van der Waals surface area (Å²) in [5, 5.41) is 7.05. The summed E-state index contributed by atoms with van der Waals surface area (Å²) in [4.78, 5) is 7.00. The van der Waals surface area contributed by atoms with Gasteiger partial charge in [-0.05, 0) is 56.2 Å². The van der Waals surface area contributed by atoms with Gasteiger partial charge in [0.25, 0.3) is 0 Å². The molecule has 1 atom stereocenters. The minimum absolute atomic E-state index is 0. The molecule has 0 radical (unpaired) electrons. The Morgan fingerprint density at radius 1 is 1.28 bits per heavy atom. The van der Waals surface area contributed by atoms with Gasteiger partial charge < -0.3 is 25.0 Å². The molecule has 0 bridgehead atoms. The molecular formula is C22H37IN4O2. The van der Waals surface area contributed by atoms with Crippen LogP contribution in [0, 0.1) is 12.8 Å². The van der Waals surface area contributed by atoms with Crippen molar-refractivity contribution in [2.45, 2.75) is 45.7 Å². The maximum atomic E-state index is 5.62. The van der Waals surface area contributed by atoms with E-state index in [0.29, 0.717) is 12.6 Å². The van der Waals surface area contributed by atoms with Crippen molar-refractivity contribution < 1.29 is 9.47 Å². The van der Waals surface area contributed by atoms with E-state index >= 15 is 0 Å². The highest BCUT2D eigenvalue weighted by atomic mass is 127. The van der Waals surface area contributed by atoms with Gasteiger partial charge in [-0.15, -0.1) is 24.0 Å². The van der Waals surface area contributed by atoms with Crippen molar-refractivity contribution in [1.29, 1.82) is 0 Å². The van der Waals surface area contributed by atoms with E-state index in [1.165, 1.54) is 24.1 Å². The van der Waals surface area contributed by atoms with E-state index in [9.17, 15) is 0 Å². The smallest absolute Gasteiger partial charge is 0.191 e. The highest BCUT2D eigenvalue weighted by Gasteiger charge is 2.24. The molecule has 2 aliphatic heterocycles. The lowest BCUT2D eigenvalue weighted by Crippen LogP contribution is -2.49. The summed E-state index contributed by atoms with van der Waals surface area (Å²) in [5.74, 6) is 2.58. The van der Waals surface area contributed by atoms with Crippen molar-refractivity contribution >= 4 is 29.9 Å². The third-order valence-electron chi connectivity index (χ3n) is 5.69. The molecule has 1 aromatic rings. The van der Waals surface area contributed by atoms with Crippen LogP contribution in [0.1, 0.15) is 37.3 Å². The van der Waals surface area contributed by atoms with Gasteiger partial charge in [0.05, 0.1) is 13.2 Å². The number of likely N-dealkylation sites (tertiary alicyclic amines) is 1. The van der Waals surface area contributed by atoms with E-state index in [4.69, 9.17) is 9.47 Å². The van der Waals surface area contributed by atoms with Gasteiger partial charge >= 0.3 is 0 Å². The fourth-order valence-corrected chi connectivity index (χ4v) is 4.07. The zero-order chi connectivity index (χ0) is 19.8. The Labute approximate surface area is 192 Å². The van der Waals surface area contributed by atoms with Crippen LogP contribution in [0.15, 0.2) is 23.2 Å². The van der Waals surface area contributed by atoms with Gasteiger partial charge in [-0.3, -0.25) is 4.99 Å². The lowest BCUT2D eigenvalue weighted by Gasteiger charge is -2.34. The molecule has 29 heavy (non-hydrogen) atoms. The summed E-state index contributed by atoms with van der Waals surface area (Å²) >= 11 is 0. The van der Waals surface area contributed by atoms with E-state index in [0.717, 1.165) is 63.3 Å². The number of ether oxygens (including phenoxy) is 2. The van der Waals surface area contributed by atoms with Crippen LogP contribution in [-0.4, -0.2) is 63.4 Å². The molecule has 2 fully saturated rings. The first-order chi connectivity index (χ1) is 13.7. The fourth-order valence-electron chi connectivity index (χ4n) is 4.07. The van der Waals surface area contributed by atoms with E-state index in [1.54, 1.807) is 0 Å². The SMILES string of the molecule is CCOc1ccc(CNC(=NC)NC2CCN(CC3CCOC3)CC2)cc1C.I. The third kappa shape index (κ3) is 7.61. The number of halogens is 1. The van der Waals surface area contributed by atoms with Crippen LogP contribution >= 0.6 is 24.0 Å². The molecule has 0 saturated carbocycles. The number of hydrogen-bond acceptors (Lipinski definition) is 4. The Bertz CT molecular complexity index is 642. The molecular weight excluding hydrogens is 479 g/mol. The van der Waals surface area contributed by atoms with Crippen molar-refractivity contribution in [1.82, 2.24) is 15.5 Å². The molecule has 0 spiro atoms. The Morgan fingerprint density at radius 3 is 2.69 bits per heavy atom. The monoisotopic (exact) mass is 516 g/mol. The molecule has 0 amide bonds. The Kier molecular flexibility index (Phi) is 10.5. The zero-order valence-corrected chi connectivity index (χ0v) is 20.4. The molecule has 1 unspecified atom stereocenters. The minimum atomic E-state index is 0. The predicted molar refractivity (Wildman–Crippen MR) is 129 cm³/mol. The fraction of sp³-hybridized carbons (Fsp3) is 0.682. The van der Waals surface area contributed by atoms with Gasteiger partial charge in [0, 0.05) is 45.9 Å². The largest absolute Gasteiger partial charge is 0.494 e. The first-order valence-corrected chi connectivity index (χ1v) is 10.7. The topological polar surface area (TPSA) is 58.1 Å². The molecule has 1 aromatic carbocycles. The highest BCUT2D eigenvalue weighted by Crippen LogP contribution is 2.19. The standard InChI is InChI=1S/C22H36N4O2.HI/c1-4-28-21-6-5-18(13-17(21)2)14-24-22(23-3)25-20-7-10-26(11-8-20)15-19-9-12-27-16-19;/h5-6,13,19-20H,4,7-12,14-16H2,1-3H3,(H2,23,24,25);1H. The van der Waals surface area contributed by atoms with Crippen LogP contribution in [0.4, 0.5) is 0 Å². The number of guanidine groups is 1. The second kappa shape index (κ2) is 12.6. The molecule has 2 N–H and O–H groups in total. The van der Waals surface area contributed by atoms with Crippen LogP contribution in [0.25, 0.3) is 0 Å². The Balaban J connectivity index is 0.00000300. The highest BCUT2D eigenvalue weighted by molar-refractivity contribution is 14.0. The van der Waals surface area contributed by atoms with Crippen LogP contribution in [-0.2, 0) is 11.3 Å². The molecule has 2 heterocycles. The molecule has 164 valence electrons. The van der Waals surface area contributed by atoms with Crippen molar-refractivity contribution in [2.75, 3.05) is 46.5 Å². The van der Waals surface area contributed by atoms with Crippen LogP contribution < -0.4 is 15.4 Å². The summed E-state index contributed by atoms with van der Waals surface area (Å²) in [6, 6.07) is 6.83. The van der Waals surface area contributed by atoms with Gasteiger partial charge in [0.2, 0.25) is 0 Å². The maximum Gasteiger partial charge on any atom is 0.191 e. The first-order valence-electron chi connectivity index (χ1n) is 10.7. The van der Waals surface area contributed by atoms with Crippen LogP contribution in [0.3, 0.4) is 0 Å². The summed E-state index contributed by atoms with van der Waals surface area (Å²) in [6.45, 7) is 10.9. The molecule has 2 aliphatic rings. The number of piperidine rings is 1. The number of aliphatic imine (C=N–C) groups is 1. The van der Waals surface area contributed by atoms with E-state index in [1.807, 2.05) is 14.0 Å². The van der Waals surface area contributed by atoms with Crippen molar-refractivity contribution in [3.8, 4) is 5.75 Å². The number of nitrogens with zero attached hydrogens (tertiary/aromatic N) is 2. The average molecular weight is 516 g/mol. The van der Waals surface area contributed by atoms with E-state index in [-0.39, 0.29) is 24.0 Å². The first kappa shape index (κ1) is 24.2. The number of rotatable bonds is 7. The number of nitrogens with one attached hydrogen (secondary N) is 2. The van der Waals surface area contributed by atoms with Gasteiger partial charge in [-0.1, -0.05) is 12.1 Å². The maximum absolute atomic E-state index is 5.62. The Hall–Kier alpha value is -1.06. The van der Waals surface area contributed by atoms with Crippen molar-refractivity contribution in [3.05, 3.63) is 29.3 Å². The van der Waals surface area contributed by atoms with Crippen molar-refractivity contribution in [2.24, 2.45) is 10.9 Å². The third-order valence-corrected chi connectivity index (χ3v) is 5.69. The Morgan fingerprint density at radius 2 is 2.07 bits per heavy atom. The second-order valence-electron chi connectivity index (χ2n) is 7.91. The van der Waals surface area contributed by atoms with E-state index < -0.39 is 0 Å². The summed E-state index contributed by atoms with van der Waals surface area (Å²) in [7, 11) is 1.84. The number of hydrogen-bond donors (Lipinski definition) is 2. The second-order valence-corrected chi connectivity index (χ2v) is 7.91. The van der Waals surface area contributed by atoms with Crippen molar-refractivity contribution in [3.63, 3.8) is 0 Å². The lowest BCUT2D eigenvalue weighted by atomic mass is 10.0. The molecule has 0 aromatic heterocycles. The average Bonchev–Trinajstić information content (AvgIpc) is 3.21. The lowest BCUT2D eigenvalue weighted by molar-refractivity contribution is 0.150. The van der Waals surface area contributed by atoms with Gasteiger partial charge in [0.15, 0.2) is 5.96 Å². The molecule has 2 saturated heterocycles. The minimum Gasteiger partial charge on any atom is -0.494 e. The van der Waals surface area contributed by atoms with Crippen LogP contribution in [0.5, 0.6) is 5.75 Å². The normalized spacial score (nSPS) is 20.9. The van der Waals surface area contributed by atoms with E-state index in [2.05, 4.69) is 45.6 Å². The number of aryl methyl sites for hydroxylation is 1. The molecule has 7 heteroatoms. The van der Waals surface area contributed by atoms with Gasteiger partial charge in [-0.25, -0.2) is 0 Å². The molecule has 6 nitrogen and oxygen atoms in total. The summed E-state index contributed by atoms with van der Waals surface area (Å²) in [5.41, 5.74) is 2.40. The zero-order valence-electron chi connectivity index (χ0n) is 18.1. The predicted octanol–water partition coefficient (Wildman–Crippen LogP) is 3.18. The van der Waals surface area contributed by atoms with Gasteiger partial charge in [0.1, 0.15) is 5.75 Å².